The SMILES string of the molecule is CC(Nc1ncnc2[nH]ccc(=O)c12)C1c2ccccc2CCN1c1cccc2ccn(-c3ccccc3)c(=O)c12. The first kappa shape index (κ1) is 24.8. The molecule has 0 saturated heterocycles. The Morgan fingerprint density at radius 1 is 0.902 bits per heavy atom. The normalized spacial score (nSPS) is 15.5. The van der Waals surface area contributed by atoms with Gasteiger partial charge < -0.3 is 15.2 Å². The smallest absolute Gasteiger partial charge is 0.265 e. The van der Waals surface area contributed by atoms with Crippen LogP contribution in [0.25, 0.3) is 27.5 Å². The summed E-state index contributed by atoms with van der Waals surface area (Å²) >= 11 is 0. The quantitative estimate of drug-likeness (QED) is 0.311. The van der Waals surface area contributed by atoms with Crippen molar-refractivity contribution < 1.29 is 0 Å². The predicted octanol–water partition coefficient (Wildman–Crippen LogP) is 5.23. The number of anilines is 2. The zero-order chi connectivity index (χ0) is 27.9. The fourth-order valence-electron chi connectivity index (χ4n) is 6.12. The maximum atomic E-state index is 14.1. The van der Waals surface area contributed by atoms with Crippen molar-refractivity contribution in [2.24, 2.45) is 0 Å². The molecule has 0 saturated carbocycles. The fraction of sp³-hybridized carbons (Fsp3) is 0.152. The molecule has 0 spiro atoms. The molecule has 0 fully saturated rings. The van der Waals surface area contributed by atoms with Gasteiger partial charge in [-0.25, -0.2) is 9.97 Å². The standard InChI is InChI=1S/C33H28N6O2/c1-21(37-32-29-27(40)14-17-34-31(29)35-20-36-32)30-25-12-6-5-8-22(25)15-19-39(30)26-13-7-9-23-16-18-38(33(41)28(23)26)24-10-3-2-4-11-24/h2-14,16-18,20-21,30H,15,19H2,1H3,(H2,34,35,36,37,40). The second-order valence-electron chi connectivity index (χ2n) is 10.4. The van der Waals surface area contributed by atoms with E-state index in [1.165, 1.54) is 23.5 Å². The Bertz CT molecular complexity index is 2010. The van der Waals surface area contributed by atoms with Crippen molar-refractivity contribution >= 4 is 33.3 Å². The highest BCUT2D eigenvalue weighted by atomic mass is 16.1. The molecule has 1 aliphatic rings. The minimum absolute atomic E-state index is 0.0594. The van der Waals surface area contributed by atoms with Crippen LogP contribution in [-0.2, 0) is 6.42 Å². The number of nitrogens with zero attached hydrogens (tertiary/aromatic N) is 4. The number of hydrogen-bond donors (Lipinski definition) is 2. The van der Waals surface area contributed by atoms with Crippen LogP contribution in [-0.4, -0.2) is 32.1 Å². The van der Waals surface area contributed by atoms with E-state index in [2.05, 4.69) is 56.4 Å². The second kappa shape index (κ2) is 10.1. The van der Waals surface area contributed by atoms with E-state index in [4.69, 9.17) is 0 Å². The van der Waals surface area contributed by atoms with E-state index in [-0.39, 0.29) is 23.1 Å². The second-order valence-corrected chi connectivity index (χ2v) is 10.4. The number of H-pyrrole nitrogens is 1. The van der Waals surface area contributed by atoms with Crippen molar-refractivity contribution in [2.45, 2.75) is 25.4 Å². The van der Waals surface area contributed by atoms with Crippen LogP contribution in [0.3, 0.4) is 0 Å². The molecular weight excluding hydrogens is 512 g/mol. The van der Waals surface area contributed by atoms with Crippen molar-refractivity contribution in [3.63, 3.8) is 0 Å². The largest absolute Gasteiger partial charge is 0.364 e. The summed E-state index contributed by atoms with van der Waals surface area (Å²) in [7, 11) is 0. The monoisotopic (exact) mass is 540 g/mol. The lowest BCUT2D eigenvalue weighted by Gasteiger charge is -2.42. The Labute approximate surface area is 236 Å². The molecule has 0 amide bonds. The molecule has 0 radical (unpaired) electrons. The number of aromatic nitrogens is 4. The van der Waals surface area contributed by atoms with Crippen LogP contribution in [0, 0.1) is 0 Å². The molecule has 3 aromatic heterocycles. The summed E-state index contributed by atoms with van der Waals surface area (Å²) in [6, 6.07) is 27.4. The molecule has 2 atom stereocenters. The van der Waals surface area contributed by atoms with Gasteiger partial charge in [-0.2, -0.15) is 0 Å². The Morgan fingerprint density at radius 2 is 1.73 bits per heavy atom. The van der Waals surface area contributed by atoms with E-state index >= 15 is 0 Å². The zero-order valence-electron chi connectivity index (χ0n) is 22.5. The summed E-state index contributed by atoms with van der Waals surface area (Å²) in [6.45, 7) is 2.83. The Kier molecular flexibility index (Phi) is 6.08. The number of nitrogens with one attached hydrogen (secondary N) is 2. The highest BCUT2D eigenvalue weighted by Gasteiger charge is 2.33. The van der Waals surface area contributed by atoms with Crippen LogP contribution in [0.5, 0.6) is 0 Å². The first-order valence-corrected chi connectivity index (χ1v) is 13.7. The van der Waals surface area contributed by atoms with Gasteiger partial charge in [-0.15, -0.1) is 0 Å². The number of hydrogen-bond acceptors (Lipinski definition) is 6. The molecule has 6 aromatic rings. The van der Waals surface area contributed by atoms with Crippen molar-refractivity contribution in [1.82, 2.24) is 19.5 Å². The van der Waals surface area contributed by atoms with Crippen LogP contribution in [0.1, 0.15) is 24.1 Å². The van der Waals surface area contributed by atoms with Gasteiger partial charge in [-0.1, -0.05) is 54.6 Å². The number of para-hydroxylation sites is 1. The average molecular weight is 541 g/mol. The predicted molar refractivity (Wildman–Crippen MR) is 163 cm³/mol. The van der Waals surface area contributed by atoms with Gasteiger partial charge in [0.2, 0.25) is 0 Å². The van der Waals surface area contributed by atoms with Crippen molar-refractivity contribution in [3.05, 3.63) is 135 Å². The summed E-state index contributed by atoms with van der Waals surface area (Å²) < 4.78 is 1.71. The van der Waals surface area contributed by atoms with Crippen molar-refractivity contribution in [1.29, 1.82) is 0 Å². The van der Waals surface area contributed by atoms with Gasteiger partial charge in [0.05, 0.1) is 17.1 Å². The summed E-state index contributed by atoms with van der Waals surface area (Å²) in [5, 5.41) is 5.54. The maximum Gasteiger partial charge on any atom is 0.265 e. The number of pyridine rings is 2. The van der Waals surface area contributed by atoms with Crippen LogP contribution in [0.15, 0.2) is 113 Å². The van der Waals surface area contributed by atoms with Gasteiger partial charge in [0.1, 0.15) is 23.2 Å². The fourth-order valence-corrected chi connectivity index (χ4v) is 6.12. The molecule has 7 rings (SSSR count). The van der Waals surface area contributed by atoms with Gasteiger partial charge >= 0.3 is 0 Å². The average Bonchev–Trinajstić information content (AvgIpc) is 3.01. The molecule has 0 bridgehead atoms. The number of benzene rings is 3. The number of fused-ring (bicyclic) bond motifs is 3. The van der Waals surface area contributed by atoms with E-state index in [0.29, 0.717) is 22.2 Å². The number of rotatable bonds is 5. The Morgan fingerprint density at radius 3 is 2.61 bits per heavy atom. The third-order valence-electron chi connectivity index (χ3n) is 7.97. The first-order chi connectivity index (χ1) is 20.1. The van der Waals surface area contributed by atoms with Crippen LogP contribution < -0.4 is 21.2 Å². The minimum Gasteiger partial charge on any atom is -0.364 e. The highest BCUT2D eigenvalue weighted by Crippen LogP contribution is 2.39. The highest BCUT2D eigenvalue weighted by molar-refractivity contribution is 5.94. The maximum absolute atomic E-state index is 14.1. The van der Waals surface area contributed by atoms with Crippen LogP contribution >= 0.6 is 0 Å². The Hall–Kier alpha value is -5.24. The van der Waals surface area contributed by atoms with Crippen LogP contribution in [0.2, 0.25) is 0 Å². The summed E-state index contributed by atoms with van der Waals surface area (Å²) in [6.07, 6.45) is 5.74. The summed E-state index contributed by atoms with van der Waals surface area (Å²) in [5.74, 6) is 0.483. The van der Waals surface area contributed by atoms with E-state index in [1.54, 1.807) is 10.8 Å². The summed E-state index contributed by atoms with van der Waals surface area (Å²) in [4.78, 5) is 40.9. The molecule has 41 heavy (non-hydrogen) atoms. The van der Waals surface area contributed by atoms with Gasteiger partial charge in [-0.3, -0.25) is 14.2 Å². The first-order valence-electron chi connectivity index (χ1n) is 13.7. The van der Waals surface area contributed by atoms with E-state index in [0.717, 1.165) is 29.7 Å². The molecule has 3 aromatic carbocycles. The van der Waals surface area contributed by atoms with E-state index in [9.17, 15) is 9.59 Å². The van der Waals surface area contributed by atoms with Gasteiger partial charge in [0.25, 0.3) is 5.56 Å². The molecule has 0 aliphatic carbocycles. The lowest BCUT2D eigenvalue weighted by atomic mass is 9.87. The van der Waals surface area contributed by atoms with Crippen molar-refractivity contribution in [2.75, 3.05) is 16.8 Å². The molecule has 2 N–H and O–H groups in total. The molecule has 1 aliphatic heterocycles. The molecule has 8 nitrogen and oxygen atoms in total. The molecular formula is C33H28N6O2. The molecule has 2 unspecified atom stereocenters. The van der Waals surface area contributed by atoms with Gasteiger partial charge in [0.15, 0.2) is 5.43 Å². The lowest BCUT2D eigenvalue weighted by Crippen LogP contribution is -2.44. The van der Waals surface area contributed by atoms with Crippen LogP contribution in [0.4, 0.5) is 11.5 Å². The summed E-state index contributed by atoms with van der Waals surface area (Å²) in [5.41, 5.74) is 4.44. The minimum atomic E-state index is -0.176. The number of aromatic amines is 1. The van der Waals surface area contributed by atoms with Gasteiger partial charge in [0, 0.05) is 36.7 Å². The van der Waals surface area contributed by atoms with E-state index in [1.807, 2.05) is 60.8 Å². The Balaban J connectivity index is 1.38. The molecule has 8 heteroatoms. The third kappa shape index (κ3) is 4.24. The zero-order valence-corrected chi connectivity index (χ0v) is 22.5. The topological polar surface area (TPSA) is 95.9 Å². The molecule has 4 heterocycles. The van der Waals surface area contributed by atoms with Gasteiger partial charge in [-0.05, 0) is 54.1 Å². The van der Waals surface area contributed by atoms with E-state index < -0.39 is 0 Å². The molecule has 202 valence electrons. The van der Waals surface area contributed by atoms with Crippen molar-refractivity contribution in [3.8, 4) is 5.69 Å². The third-order valence-corrected chi connectivity index (χ3v) is 7.97. The lowest BCUT2D eigenvalue weighted by molar-refractivity contribution is 0.527.